The van der Waals surface area contributed by atoms with E-state index >= 15 is 0 Å². The molecule has 2 aromatic heterocycles. The first kappa shape index (κ1) is 18.0. The maximum Gasteiger partial charge on any atom is 0.274 e. The fourth-order valence-corrected chi connectivity index (χ4v) is 3.58. The van der Waals surface area contributed by atoms with Crippen molar-refractivity contribution >= 4 is 21.5 Å². The number of benzene rings is 3. The van der Waals surface area contributed by atoms with Gasteiger partial charge >= 0.3 is 0 Å². The maximum absolute atomic E-state index is 12.6. The van der Waals surface area contributed by atoms with Gasteiger partial charge in [-0.2, -0.15) is 10.2 Å². The molecule has 0 radical (unpaired) electrons. The van der Waals surface area contributed by atoms with E-state index in [1.165, 1.54) is 9.36 Å². The van der Waals surface area contributed by atoms with Gasteiger partial charge in [-0.05, 0) is 23.3 Å². The Morgan fingerprint density at radius 3 is 1.40 bits per heavy atom. The van der Waals surface area contributed by atoms with Crippen molar-refractivity contribution in [2.75, 3.05) is 0 Å². The van der Waals surface area contributed by atoms with E-state index in [2.05, 4.69) is 10.2 Å². The molecule has 0 aliphatic carbocycles. The van der Waals surface area contributed by atoms with Crippen LogP contribution >= 0.6 is 0 Å². The van der Waals surface area contributed by atoms with E-state index in [1.807, 2.05) is 72.8 Å². The minimum Gasteiger partial charge on any atom is -0.267 e. The first-order valence-corrected chi connectivity index (χ1v) is 9.66. The third kappa shape index (κ3) is 3.28. The van der Waals surface area contributed by atoms with Crippen LogP contribution in [0.15, 0.2) is 94.8 Å². The molecule has 0 fully saturated rings. The summed E-state index contributed by atoms with van der Waals surface area (Å²) >= 11 is 0. The largest absolute Gasteiger partial charge is 0.274 e. The van der Waals surface area contributed by atoms with Crippen molar-refractivity contribution in [2.45, 2.75) is 13.1 Å². The third-order valence-corrected chi connectivity index (χ3v) is 5.21. The van der Waals surface area contributed by atoms with Gasteiger partial charge in [0.05, 0.1) is 36.3 Å². The summed E-state index contributed by atoms with van der Waals surface area (Å²) in [5.74, 6) is 0. The molecule has 5 aromatic rings. The van der Waals surface area contributed by atoms with Crippen molar-refractivity contribution in [3.8, 4) is 0 Å². The minimum atomic E-state index is -0.107. The van der Waals surface area contributed by atoms with Gasteiger partial charge in [0.1, 0.15) is 0 Å². The van der Waals surface area contributed by atoms with E-state index in [-0.39, 0.29) is 11.1 Å². The zero-order valence-corrected chi connectivity index (χ0v) is 16.1. The standard InChI is InChI=1S/C24H18N4O2/c29-23-21-7-3-1-5-19(21)13-25-27(23)15-17-9-11-18(12-10-17)16-28-24(30)22-8-4-2-6-20(22)14-26-28/h1-14H,15-16H2. The van der Waals surface area contributed by atoms with Crippen molar-refractivity contribution in [3.63, 3.8) is 0 Å². The Morgan fingerprint density at radius 2 is 0.967 bits per heavy atom. The van der Waals surface area contributed by atoms with Crippen LogP contribution in [0.4, 0.5) is 0 Å². The average molecular weight is 394 g/mol. The molecular weight excluding hydrogens is 376 g/mol. The van der Waals surface area contributed by atoms with Crippen molar-refractivity contribution in [1.29, 1.82) is 0 Å². The lowest BCUT2D eigenvalue weighted by Crippen LogP contribution is -2.24. The topological polar surface area (TPSA) is 69.8 Å². The highest BCUT2D eigenvalue weighted by Gasteiger charge is 2.06. The lowest BCUT2D eigenvalue weighted by molar-refractivity contribution is 0.640. The molecule has 2 heterocycles. The number of hydrogen-bond acceptors (Lipinski definition) is 4. The molecule has 0 atom stereocenters. The molecule has 0 aliphatic rings. The number of fused-ring (bicyclic) bond motifs is 2. The first-order valence-electron chi connectivity index (χ1n) is 9.66. The molecule has 0 N–H and O–H groups in total. The van der Waals surface area contributed by atoms with Crippen LogP contribution in [-0.2, 0) is 13.1 Å². The van der Waals surface area contributed by atoms with Crippen LogP contribution in [0.2, 0.25) is 0 Å². The molecule has 3 aromatic carbocycles. The molecular formula is C24H18N4O2. The molecule has 5 rings (SSSR count). The van der Waals surface area contributed by atoms with Gasteiger partial charge in [0.15, 0.2) is 0 Å². The molecule has 6 heteroatoms. The zero-order valence-electron chi connectivity index (χ0n) is 16.1. The van der Waals surface area contributed by atoms with E-state index < -0.39 is 0 Å². The van der Waals surface area contributed by atoms with E-state index in [4.69, 9.17) is 0 Å². The van der Waals surface area contributed by atoms with Crippen LogP contribution in [0.1, 0.15) is 11.1 Å². The lowest BCUT2D eigenvalue weighted by atomic mass is 10.1. The fraction of sp³-hybridized carbons (Fsp3) is 0.0833. The quantitative estimate of drug-likeness (QED) is 0.469. The number of rotatable bonds is 4. The highest BCUT2D eigenvalue weighted by molar-refractivity contribution is 5.80. The zero-order chi connectivity index (χ0) is 20.5. The fourth-order valence-electron chi connectivity index (χ4n) is 3.58. The lowest BCUT2D eigenvalue weighted by Gasteiger charge is -2.09. The van der Waals surface area contributed by atoms with Crippen molar-refractivity contribution in [3.05, 3.63) is 117 Å². The third-order valence-electron chi connectivity index (χ3n) is 5.21. The first-order chi connectivity index (χ1) is 14.7. The second-order valence-electron chi connectivity index (χ2n) is 7.21. The van der Waals surface area contributed by atoms with Crippen LogP contribution in [0.25, 0.3) is 21.5 Å². The van der Waals surface area contributed by atoms with Crippen LogP contribution < -0.4 is 11.1 Å². The van der Waals surface area contributed by atoms with Gasteiger partial charge in [-0.15, -0.1) is 0 Å². The Kier molecular flexibility index (Phi) is 4.44. The number of aromatic nitrogens is 4. The molecule has 0 bridgehead atoms. The molecule has 0 saturated heterocycles. The van der Waals surface area contributed by atoms with Gasteiger partial charge in [-0.1, -0.05) is 60.7 Å². The summed E-state index contributed by atoms with van der Waals surface area (Å²) in [6.45, 7) is 0.774. The van der Waals surface area contributed by atoms with E-state index in [9.17, 15) is 9.59 Å². The summed E-state index contributed by atoms with van der Waals surface area (Å²) in [6.07, 6.45) is 3.42. The van der Waals surface area contributed by atoms with Gasteiger partial charge in [0.25, 0.3) is 11.1 Å². The monoisotopic (exact) mass is 394 g/mol. The van der Waals surface area contributed by atoms with Crippen LogP contribution in [0.3, 0.4) is 0 Å². The predicted molar refractivity (Wildman–Crippen MR) is 117 cm³/mol. The highest BCUT2D eigenvalue weighted by Crippen LogP contribution is 2.11. The smallest absolute Gasteiger partial charge is 0.267 e. The highest BCUT2D eigenvalue weighted by atomic mass is 16.1. The van der Waals surface area contributed by atoms with Crippen LogP contribution in [0.5, 0.6) is 0 Å². The van der Waals surface area contributed by atoms with Gasteiger partial charge in [0.2, 0.25) is 0 Å². The van der Waals surface area contributed by atoms with Gasteiger partial charge in [-0.3, -0.25) is 9.59 Å². The second-order valence-corrected chi connectivity index (χ2v) is 7.21. The van der Waals surface area contributed by atoms with Crippen molar-refractivity contribution in [2.24, 2.45) is 0 Å². The average Bonchev–Trinajstić information content (AvgIpc) is 2.79. The van der Waals surface area contributed by atoms with E-state index in [0.717, 1.165) is 21.9 Å². The Hall–Kier alpha value is -4.06. The summed E-state index contributed by atoms with van der Waals surface area (Å²) in [6, 6.07) is 22.7. The molecule has 0 unspecified atom stereocenters. The molecule has 30 heavy (non-hydrogen) atoms. The predicted octanol–water partition coefficient (Wildman–Crippen LogP) is 3.20. The summed E-state index contributed by atoms with van der Waals surface area (Å²) < 4.78 is 2.93. The number of hydrogen-bond donors (Lipinski definition) is 0. The normalized spacial score (nSPS) is 11.2. The summed E-state index contributed by atoms with van der Waals surface area (Å²) in [4.78, 5) is 25.3. The summed E-state index contributed by atoms with van der Waals surface area (Å²) in [7, 11) is 0. The van der Waals surface area contributed by atoms with E-state index in [1.54, 1.807) is 12.4 Å². The maximum atomic E-state index is 12.6. The molecule has 146 valence electrons. The van der Waals surface area contributed by atoms with Gasteiger partial charge in [0, 0.05) is 10.8 Å². The Balaban J connectivity index is 1.39. The molecule has 0 aliphatic heterocycles. The molecule has 0 amide bonds. The summed E-state index contributed by atoms with van der Waals surface area (Å²) in [5, 5.41) is 11.5. The Bertz CT molecular complexity index is 1370. The van der Waals surface area contributed by atoms with E-state index in [0.29, 0.717) is 23.9 Å². The van der Waals surface area contributed by atoms with Gasteiger partial charge in [-0.25, -0.2) is 9.36 Å². The Labute approximate surface area is 171 Å². The molecule has 0 spiro atoms. The Morgan fingerprint density at radius 1 is 0.567 bits per heavy atom. The summed E-state index contributed by atoms with van der Waals surface area (Å²) in [5.41, 5.74) is 1.71. The van der Waals surface area contributed by atoms with Gasteiger partial charge < -0.3 is 0 Å². The minimum absolute atomic E-state index is 0.107. The molecule has 6 nitrogen and oxygen atoms in total. The SMILES string of the molecule is O=c1c2ccccc2cnn1Cc1ccc(Cn2ncc3ccccc3c2=O)cc1. The number of nitrogens with zero attached hydrogens (tertiary/aromatic N) is 4. The van der Waals surface area contributed by atoms with Crippen molar-refractivity contribution < 1.29 is 0 Å². The second kappa shape index (κ2) is 7.40. The van der Waals surface area contributed by atoms with Crippen LogP contribution in [0, 0.1) is 0 Å². The van der Waals surface area contributed by atoms with Crippen LogP contribution in [-0.4, -0.2) is 19.6 Å². The van der Waals surface area contributed by atoms with Crippen molar-refractivity contribution in [1.82, 2.24) is 19.6 Å². The molecule has 0 saturated carbocycles.